The molecule has 0 radical (unpaired) electrons. The number of piperazine rings is 1. The maximum Gasteiger partial charge on any atom is 0.243 e. The van der Waals surface area contributed by atoms with Crippen molar-refractivity contribution in [2.45, 2.75) is 27.9 Å². The Labute approximate surface area is 200 Å². The predicted octanol–water partition coefficient (Wildman–Crippen LogP) is 1.36. The molecule has 2 aromatic rings. The predicted molar refractivity (Wildman–Crippen MR) is 129 cm³/mol. The van der Waals surface area contributed by atoms with E-state index in [0.717, 1.165) is 18.7 Å². The molecule has 2 heterocycles. The normalized spacial score (nSPS) is 21.5. The highest BCUT2D eigenvalue weighted by Crippen LogP contribution is 2.40. The van der Waals surface area contributed by atoms with Gasteiger partial charge in [0.1, 0.15) is 5.71 Å². The highest BCUT2D eigenvalue weighted by atomic mass is 32.2. The molecule has 1 aliphatic carbocycles. The number of likely N-dealkylation sites (tertiary alicyclic amines) is 1. The number of sulfonamides is 1. The Balaban J connectivity index is 1.51. The highest BCUT2D eigenvalue weighted by molar-refractivity contribution is 7.92. The smallest absolute Gasteiger partial charge is 0.243 e. The molecule has 11 heteroatoms. The van der Waals surface area contributed by atoms with Crippen LogP contribution in [0.1, 0.15) is 24.0 Å². The number of piperidine rings is 1. The van der Waals surface area contributed by atoms with E-state index in [9.17, 15) is 22.0 Å². The standard InChI is InChI=1S/C23H28N4O5S2/c1-26-10-6-16(7-11-26)33(29,30)17-2-4-19-20-5-3-18(15-22(20)23(25-28)21(19)14-17)34(31,32)27-12-8-24-9-13-27/h2-5,14-16,24,28H,6-13H2,1H3/b25-23-. The zero-order chi connectivity index (χ0) is 24.1. The van der Waals surface area contributed by atoms with Crippen molar-refractivity contribution in [3.05, 3.63) is 47.5 Å². The maximum absolute atomic E-state index is 13.3. The van der Waals surface area contributed by atoms with Gasteiger partial charge in [0, 0.05) is 37.3 Å². The van der Waals surface area contributed by atoms with Gasteiger partial charge in [-0.3, -0.25) is 0 Å². The number of hydrogen-bond acceptors (Lipinski definition) is 8. The number of fused-ring (bicyclic) bond motifs is 3. The summed E-state index contributed by atoms with van der Waals surface area (Å²) in [7, 11) is -5.26. The van der Waals surface area contributed by atoms with Gasteiger partial charge < -0.3 is 15.4 Å². The minimum atomic E-state index is -3.70. The van der Waals surface area contributed by atoms with Crippen molar-refractivity contribution in [1.29, 1.82) is 0 Å². The number of benzene rings is 2. The number of nitrogens with one attached hydrogen (secondary N) is 1. The molecule has 34 heavy (non-hydrogen) atoms. The van der Waals surface area contributed by atoms with Crippen LogP contribution in [0.2, 0.25) is 0 Å². The molecule has 2 N–H and O–H groups in total. The maximum atomic E-state index is 13.3. The third-order valence-corrected chi connectivity index (χ3v) is 11.2. The van der Waals surface area contributed by atoms with E-state index in [1.807, 2.05) is 7.05 Å². The van der Waals surface area contributed by atoms with Gasteiger partial charge in [-0.1, -0.05) is 17.3 Å². The van der Waals surface area contributed by atoms with Crippen molar-refractivity contribution >= 4 is 25.6 Å². The lowest BCUT2D eigenvalue weighted by Crippen LogP contribution is -2.46. The summed E-state index contributed by atoms with van der Waals surface area (Å²) in [6.45, 7) is 3.42. The Hall–Kier alpha value is -2.31. The second kappa shape index (κ2) is 8.72. The van der Waals surface area contributed by atoms with Crippen LogP contribution in [-0.4, -0.2) is 88.5 Å². The van der Waals surface area contributed by atoms with Gasteiger partial charge >= 0.3 is 0 Å². The summed E-state index contributed by atoms with van der Waals surface area (Å²) < 4.78 is 54.4. The molecular formula is C23H28N4O5S2. The first-order chi connectivity index (χ1) is 16.2. The second-order valence-electron chi connectivity index (χ2n) is 9.07. The molecule has 2 aliphatic heterocycles. The summed E-state index contributed by atoms with van der Waals surface area (Å²) in [6.07, 6.45) is 1.15. The van der Waals surface area contributed by atoms with Gasteiger partial charge in [-0.2, -0.15) is 4.31 Å². The molecule has 182 valence electrons. The van der Waals surface area contributed by atoms with Crippen LogP contribution in [-0.2, 0) is 19.9 Å². The highest BCUT2D eigenvalue weighted by Gasteiger charge is 2.34. The van der Waals surface area contributed by atoms with Crippen LogP contribution in [0.3, 0.4) is 0 Å². The van der Waals surface area contributed by atoms with Crippen molar-refractivity contribution < 1.29 is 22.0 Å². The fraction of sp³-hybridized carbons (Fsp3) is 0.435. The van der Waals surface area contributed by atoms with Gasteiger partial charge in [-0.15, -0.1) is 0 Å². The molecule has 0 amide bonds. The van der Waals surface area contributed by atoms with Crippen LogP contribution in [0.25, 0.3) is 11.1 Å². The Morgan fingerprint density at radius 2 is 1.41 bits per heavy atom. The van der Waals surface area contributed by atoms with E-state index in [2.05, 4.69) is 15.4 Å². The fourth-order valence-corrected chi connectivity index (χ4v) is 8.24. The van der Waals surface area contributed by atoms with Crippen molar-refractivity contribution in [3.63, 3.8) is 0 Å². The Morgan fingerprint density at radius 3 is 2.00 bits per heavy atom. The molecule has 2 saturated heterocycles. The zero-order valence-electron chi connectivity index (χ0n) is 18.9. The molecule has 0 saturated carbocycles. The minimum Gasteiger partial charge on any atom is -0.410 e. The van der Waals surface area contributed by atoms with E-state index < -0.39 is 25.1 Å². The van der Waals surface area contributed by atoms with E-state index in [1.54, 1.807) is 30.3 Å². The lowest BCUT2D eigenvalue weighted by molar-refractivity contribution is 0.277. The van der Waals surface area contributed by atoms with E-state index in [1.165, 1.54) is 10.4 Å². The van der Waals surface area contributed by atoms with Crippen LogP contribution in [0.4, 0.5) is 0 Å². The van der Waals surface area contributed by atoms with Gasteiger partial charge in [0.05, 0.1) is 15.0 Å². The molecule has 2 aromatic carbocycles. The van der Waals surface area contributed by atoms with Crippen molar-refractivity contribution in [2.75, 3.05) is 46.3 Å². The average molecular weight is 505 g/mol. The summed E-state index contributed by atoms with van der Waals surface area (Å²) in [5.74, 6) is 0. The van der Waals surface area contributed by atoms with Gasteiger partial charge in [-0.25, -0.2) is 16.8 Å². The Kier molecular flexibility index (Phi) is 6.01. The summed E-state index contributed by atoms with van der Waals surface area (Å²) in [5, 5.41) is 16.0. The number of sulfone groups is 1. The lowest BCUT2D eigenvalue weighted by atomic mass is 10.1. The van der Waals surface area contributed by atoms with Crippen LogP contribution in [0, 0.1) is 0 Å². The molecule has 0 unspecified atom stereocenters. The summed E-state index contributed by atoms with van der Waals surface area (Å²) in [6, 6.07) is 9.66. The van der Waals surface area contributed by atoms with Crippen LogP contribution in [0.5, 0.6) is 0 Å². The number of hydrogen-bond donors (Lipinski definition) is 2. The monoisotopic (exact) mass is 504 g/mol. The molecule has 0 bridgehead atoms. The molecule has 9 nitrogen and oxygen atoms in total. The van der Waals surface area contributed by atoms with Gasteiger partial charge in [0.2, 0.25) is 10.0 Å². The molecule has 3 aliphatic rings. The van der Waals surface area contributed by atoms with Crippen molar-refractivity contribution in [3.8, 4) is 11.1 Å². The largest absolute Gasteiger partial charge is 0.410 e. The van der Waals surface area contributed by atoms with E-state index >= 15 is 0 Å². The number of rotatable bonds is 4. The van der Waals surface area contributed by atoms with E-state index in [0.29, 0.717) is 55.7 Å². The second-order valence-corrected chi connectivity index (χ2v) is 13.2. The average Bonchev–Trinajstić information content (AvgIpc) is 3.17. The van der Waals surface area contributed by atoms with Crippen molar-refractivity contribution in [2.24, 2.45) is 5.16 Å². The molecule has 0 spiro atoms. The Morgan fingerprint density at radius 1 is 0.853 bits per heavy atom. The van der Waals surface area contributed by atoms with E-state index in [4.69, 9.17) is 0 Å². The van der Waals surface area contributed by atoms with E-state index in [-0.39, 0.29) is 15.5 Å². The number of oxime groups is 1. The zero-order valence-corrected chi connectivity index (χ0v) is 20.6. The number of nitrogens with zero attached hydrogens (tertiary/aromatic N) is 3. The third-order valence-electron chi connectivity index (χ3n) is 7.03. The van der Waals surface area contributed by atoms with Gasteiger partial charge in [0.25, 0.3) is 0 Å². The summed E-state index contributed by atoms with van der Waals surface area (Å²) >= 11 is 0. The first kappa shape index (κ1) is 23.4. The first-order valence-corrected chi connectivity index (χ1v) is 14.4. The first-order valence-electron chi connectivity index (χ1n) is 11.4. The summed E-state index contributed by atoms with van der Waals surface area (Å²) in [4.78, 5) is 2.44. The minimum absolute atomic E-state index is 0.126. The molecular weight excluding hydrogens is 476 g/mol. The van der Waals surface area contributed by atoms with Crippen LogP contribution < -0.4 is 5.32 Å². The SMILES string of the molecule is CN1CCC(S(=O)(=O)c2ccc3c(c2)/C(=N/O)c2cc(S(=O)(=O)N4CCNCC4)ccc2-3)CC1. The topological polar surface area (TPSA) is 119 Å². The molecule has 2 fully saturated rings. The Bertz CT molecular complexity index is 1360. The van der Waals surface area contributed by atoms with Crippen molar-refractivity contribution in [1.82, 2.24) is 14.5 Å². The van der Waals surface area contributed by atoms with Crippen LogP contribution in [0.15, 0.2) is 51.3 Å². The lowest BCUT2D eigenvalue weighted by Gasteiger charge is -2.28. The third kappa shape index (κ3) is 3.85. The van der Waals surface area contributed by atoms with Gasteiger partial charge in [-0.05, 0) is 68.4 Å². The molecule has 0 aromatic heterocycles. The van der Waals surface area contributed by atoms with Crippen LogP contribution >= 0.6 is 0 Å². The van der Waals surface area contributed by atoms with Gasteiger partial charge in [0.15, 0.2) is 9.84 Å². The molecule has 5 rings (SSSR count). The fourth-order valence-electron chi connectivity index (χ4n) is 5.02. The molecule has 0 atom stereocenters. The quantitative estimate of drug-likeness (QED) is 0.407. The summed E-state index contributed by atoms with van der Waals surface area (Å²) in [5.41, 5.74) is 2.58.